The first-order valence-electron chi connectivity index (χ1n) is 10.6. The molecule has 0 aliphatic carbocycles. The lowest BCUT2D eigenvalue weighted by Crippen LogP contribution is -2.17. The molecule has 5 rings (SSSR count). The van der Waals surface area contributed by atoms with Gasteiger partial charge in [0.15, 0.2) is 22.4 Å². The van der Waals surface area contributed by atoms with Gasteiger partial charge in [0, 0.05) is 12.2 Å². The number of hydrogen-bond acceptors (Lipinski definition) is 6. The quantitative estimate of drug-likeness (QED) is 0.402. The van der Waals surface area contributed by atoms with Crippen molar-refractivity contribution in [1.29, 1.82) is 0 Å². The second-order valence-electron chi connectivity index (χ2n) is 7.61. The van der Waals surface area contributed by atoms with Gasteiger partial charge in [-0.05, 0) is 36.6 Å². The Labute approximate surface area is 185 Å². The highest BCUT2D eigenvalue weighted by Crippen LogP contribution is 2.32. The molecule has 6 nitrogen and oxygen atoms in total. The maximum atomic E-state index is 12.9. The van der Waals surface area contributed by atoms with Crippen molar-refractivity contribution in [3.8, 4) is 22.8 Å². The zero-order valence-corrected chi connectivity index (χ0v) is 18.0. The summed E-state index contributed by atoms with van der Waals surface area (Å²) in [4.78, 5) is 17.5. The third kappa shape index (κ3) is 4.48. The highest BCUT2D eigenvalue weighted by Gasteiger charge is 2.22. The van der Waals surface area contributed by atoms with Crippen molar-refractivity contribution in [2.24, 2.45) is 0 Å². The molecule has 160 valence electrons. The molecule has 2 aromatic carbocycles. The van der Waals surface area contributed by atoms with E-state index in [9.17, 15) is 4.79 Å². The monoisotopic (exact) mass is 436 g/mol. The highest BCUT2D eigenvalue weighted by molar-refractivity contribution is 7.99. The summed E-state index contributed by atoms with van der Waals surface area (Å²) in [7, 11) is 0. The molecule has 1 fully saturated rings. The summed E-state index contributed by atoms with van der Waals surface area (Å²) in [6.07, 6.45) is 4.21. The predicted molar refractivity (Wildman–Crippen MR) is 119 cm³/mol. The van der Waals surface area contributed by atoms with E-state index in [2.05, 4.69) is 21.7 Å². The van der Waals surface area contributed by atoms with E-state index in [4.69, 9.17) is 14.2 Å². The van der Waals surface area contributed by atoms with E-state index in [0.29, 0.717) is 36.0 Å². The first kappa shape index (κ1) is 20.2. The zero-order valence-electron chi connectivity index (χ0n) is 17.2. The fourth-order valence-electron chi connectivity index (χ4n) is 3.91. The summed E-state index contributed by atoms with van der Waals surface area (Å²) in [5.41, 5.74) is 2.78. The van der Waals surface area contributed by atoms with E-state index in [1.807, 2.05) is 24.4 Å². The van der Waals surface area contributed by atoms with Crippen LogP contribution in [0, 0.1) is 0 Å². The molecule has 0 bridgehead atoms. The van der Waals surface area contributed by atoms with Gasteiger partial charge in [-0.15, -0.1) is 0 Å². The third-order valence-corrected chi connectivity index (χ3v) is 6.49. The number of Topliss-reactive ketones (excluding diaryl/α,β-unsaturated/α-hetero) is 1. The van der Waals surface area contributed by atoms with Gasteiger partial charge in [-0.1, -0.05) is 42.1 Å². The van der Waals surface area contributed by atoms with Crippen LogP contribution >= 0.6 is 11.8 Å². The van der Waals surface area contributed by atoms with Gasteiger partial charge in [-0.3, -0.25) is 4.79 Å². The molecule has 2 aliphatic heterocycles. The molecule has 0 amide bonds. The summed E-state index contributed by atoms with van der Waals surface area (Å²) in [6, 6.07) is 15.6. The number of carbonyl (C=O) groups excluding carboxylic acids is 1. The molecule has 1 saturated heterocycles. The molecule has 1 atom stereocenters. The summed E-state index contributed by atoms with van der Waals surface area (Å²) < 4.78 is 19.2. The Hall–Kier alpha value is -2.77. The number of carbonyl (C=O) groups is 1. The average Bonchev–Trinajstić information content (AvgIpc) is 3.48. The lowest BCUT2D eigenvalue weighted by atomic mass is 10.1. The Bertz CT molecular complexity index is 1060. The van der Waals surface area contributed by atoms with Gasteiger partial charge in [0.2, 0.25) is 0 Å². The first-order valence-corrected chi connectivity index (χ1v) is 11.5. The maximum Gasteiger partial charge on any atom is 0.173 e. The molecule has 0 spiro atoms. The smallest absolute Gasteiger partial charge is 0.173 e. The molecule has 3 aromatic rings. The average molecular weight is 437 g/mol. The van der Waals surface area contributed by atoms with Gasteiger partial charge in [0.05, 0.1) is 30.3 Å². The number of ether oxygens (including phenoxy) is 3. The number of benzene rings is 2. The van der Waals surface area contributed by atoms with Crippen molar-refractivity contribution in [3.63, 3.8) is 0 Å². The number of hydrogen-bond donors (Lipinski definition) is 0. The number of ketones is 1. The Morgan fingerprint density at radius 2 is 1.90 bits per heavy atom. The molecule has 2 aliphatic rings. The standard InChI is InChI=1S/C24H24N2O4S/c27-21(18-8-9-22-23(13-18)30-12-11-29-22)16-31-24-25-14-20(17-5-2-1-3-6-17)26(24)15-19-7-4-10-28-19/h1-3,5-6,8-9,13-14,19H,4,7,10-12,15-16H2. The van der Waals surface area contributed by atoms with Crippen molar-refractivity contribution < 1.29 is 19.0 Å². The topological polar surface area (TPSA) is 62.6 Å². The third-order valence-electron chi connectivity index (χ3n) is 5.50. The molecule has 3 heterocycles. The van der Waals surface area contributed by atoms with E-state index in [1.54, 1.807) is 18.2 Å². The Morgan fingerprint density at radius 3 is 2.71 bits per heavy atom. The predicted octanol–water partition coefficient (Wildman–Crippen LogP) is 4.48. The Kier molecular flexibility index (Phi) is 5.95. The van der Waals surface area contributed by atoms with Crippen molar-refractivity contribution in [1.82, 2.24) is 9.55 Å². The molecular weight excluding hydrogens is 412 g/mol. The van der Waals surface area contributed by atoms with Crippen LogP contribution in [0.15, 0.2) is 59.9 Å². The van der Waals surface area contributed by atoms with Crippen LogP contribution in [0.25, 0.3) is 11.3 Å². The number of aromatic nitrogens is 2. The number of thioether (sulfide) groups is 1. The second-order valence-corrected chi connectivity index (χ2v) is 8.55. The molecular formula is C24H24N2O4S. The summed E-state index contributed by atoms with van der Waals surface area (Å²) in [5, 5.41) is 0.834. The van der Waals surface area contributed by atoms with E-state index in [0.717, 1.165) is 42.4 Å². The van der Waals surface area contributed by atoms with Crippen LogP contribution in [0.1, 0.15) is 23.2 Å². The van der Waals surface area contributed by atoms with Crippen LogP contribution in [0.5, 0.6) is 11.5 Å². The van der Waals surface area contributed by atoms with E-state index in [-0.39, 0.29) is 11.9 Å². The number of rotatable bonds is 7. The minimum Gasteiger partial charge on any atom is -0.486 e. The molecule has 31 heavy (non-hydrogen) atoms. The van der Waals surface area contributed by atoms with Crippen molar-refractivity contribution in [2.75, 3.05) is 25.6 Å². The number of imidazole rings is 1. The van der Waals surface area contributed by atoms with E-state index < -0.39 is 0 Å². The normalized spacial score (nSPS) is 17.6. The van der Waals surface area contributed by atoms with Crippen LogP contribution < -0.4 is 9.47 Å². The second kappa shape index (κ2) is 9.16. The maximum absolute atomic E-state index is 12.9. The van der Waals surface area contributed by atoms with Gasteiger partial charge < -0.3 is 18.8 Å². The lowest BCUT2D eigenvalue weighted by Gasteiger charge is -2.18. The Morgan fingerprint density at radius 1 is 1.06 bits per heavy atom. The highest BCUT2D eigenvalue weighted by atomic mass is 32.2. The molecule has 1 unspecified atom stereocenters. The fraction of sp³-hybridized carbons (Fsp3) is 0.333. The van der Waals surface area contributed by atoms with Gasteiger partial charge in [-0.25, -0.2) is 4.98 Å². The van der Waals surface area contributed by atoms with Crippen LogP contribution in [0.4, 0.5) is 0 Å². The zero-order chi connectivity index (χ0) is 21.0. The molecule has 0 N–H and O–H groups in total. The minimum absolute atomic E-state index is 0.0369. The van der Waals surface area contributed by atoms with Gasteiger partial charge >= 0.3 is 0 Å². The van der Waals surface area contributed by atoms with Crippen molar-refractivity contribution in [2.45, 2.75) is 30.6 Å². The molecule has 0 saturated carbocycles. The molecule has 1 aromatic heterocycles. The van der Waals surface area contributed by atoms with E-state index in [1.165, 1.54) is 11.8 Å². The lowest BCUT2D eigenvalue weighted by molar-refractivity contribution is 0.0954. The van der Waals surface area contributed by atoms with Crippen LogP contribution in [0.2, 0.25) is 0 Å². The minimum atomic E-state index is 0.0369. The largest absolute Gasteiger partial charge is 0.486 e. The summed E-state index contributed by atoms with van der Waals surface area (Å²) >= 11 is 1.46. The van der Waals surface area contributed by atoms with Gasteiger partial charge in [0.1, 0.15) is 13.2 Å². The fourth-order valence-corrected chi connectivity index (χ4v) is 4.79. The van der Waals surface area contributed by atoms with Gasteiger partial charge in [0.25, 0.3) is 0 Å². The molecule has 7 heteroatoms. The van der Waals surface area contributed by atoms with E-state index >= 15 is 0 Å². The summed E-state index contributed by atoms with van der Waals surface area (Å²) in [6.45, 7) is 2.59. The first-order chi connectivity index (χ1) is 15.3. The van der Waals surface area contributed by atoms with Crippen LogP contribution in [-0.4, -0.2) is 47.0 Å². The van der Waals surface area contributed by atoms with Crippen LogP contribution in [0.3, 0.4) is 0 Å². The number of nitrogens with zero attached hydrogens (tertiary/aromatic N) is 2. The Balaban J connectivity index is 1.34. The van der Waals surface area contributed by atoms with Crippen molar-refractivity contribution >= 4 is 17.5 Å². The van der Waals surface area contributed by atoms with Gasteiger partial charge in [-0.2, -0.15) is 0 Å². The SMILES string of the molecule is O=C(CSc1ncc(-c2ccccc2)n1CC1CCCO1)c1ccc2c(c1)OCCO2. The number of fused-ring (bicyclic) bond motifs is 1. The molecule has 0 radical (unpaired) electrons. The van der Waals surface area contributed by atoms with Crippen molar-refractivity contribution in [3.05, 3.63) is 60.3 Å². The van der Waals surface area contributed by atoms with Crippen LogP contribution in [-0.2, 0) is 11.3 Å². The summed E-state index contributed by atoms with van der Waals surface area (Å²) in [5.74, 6) is 1.66.